The minimum Gasteiger partial charge on any atom is -0.490 e. The first-order chi connectivity index (χ1) is 9.38. The molecule has 0 heterocycles. The molecule has 0 unspecified atom stereocenters. The molecule has 0 aromatic heterocycles. The van der Waals surface area contributed by atoms with Crippen LogP contribution < -0.4 is 4.74 Å². The molecule has 0 saturated heterocycles. The summed E-state index contributed by atoms with van der Waals surface area (Å²) in [5, 5.41) is 0. The van der Waals surface area contributed by atoms with E-state index in [-0.39, 0.29) is 0 Å². The molecule has 0 N–H and O–H groups in total. The van der Waals surface area contributed by atoms with Gasteiger partial charge >= 0.3 is 0 Å². The van der Waals surface area contributed by atoms with E-state index in [1.165, 1.54) is 0 Å². The zero-order valence-electron chi connectivity index (χ0n) is 11.2. The number of hydrogen-bond acceptors (Lipinski definition) is 3. The van der Waals surface area contributed by atoms with Gasteiger partial charge in [0.1, 0.15) is 12.4 Å². The van der Waals surface area contributed by atoms with Crippen LogP contribution in [0.4, 0.5) is 0 Å². The Hall–Kier alpha value is -1.21. The van der Waals surface area contributed by atoms with Gasteiger partial charge in [0.05, 0.1) is 18.1 Å². The highest BCUT2D eigenvalue weighted by Crippen LogP contribution is 2.16. The predicted molar refractivity (Wildman–Crippen MR) is 76.8 cm³/mol. The van der Waals surface area contributed by atoms with E-state index >= 15 is 0 Å². The first kappa shape index (κ1) is 15.8. The van der Waals surface area contributed by atoms with E-state index in [2.05, 4.69) is 11.8 Å². The Morgan fingerprint density at radius 1 is 1.11 bits per heavy atom. The lowest BCUT2D eigenvalue weighted by Gasteiger charge is -2.08. The molecule has 1 rings (SSSR count). The van der Waals surface area contributed by atoms with Gasteiger partial charge in [0.2, 0.25) is 0 Å². The fourth-order valence-corrected chi connectivity index (χ4v) is 1.51. The molecule has 1 aromatic carbocycles. The van der Waals surface area contributed by atoms with Crippen molar-refractivity contribution in [3.63, 3.8) is 0 Å². The van der Waals surface area contributed by atoms with Crippen molar-refractivity contribution in [2.24, 2.45) is 0 Å². The lowest BCUT2D eigenvalue weighted by molar-refractivity contribution is 0.0806. The first-order valence-corrected chi connectivity index (χ1v) is 6.75. The fourth-order valence-electron chi connectivity index (χ4n) is 1.44. The largest absolute Gasteiger partial charge is 0.490 e. The molecule has 0 amide bonds. The summed E-state index contributed by atoms with van der Waals surface area (Å²) in [5.41, 5.74) is 0.850. The highest BCUT2D eigenvalue weighted by molar-refractivity contribution is 6.19. The molecule has 0 bridgehead atoms. The van der Waals surface area contributed by atoms with Crippen LogP contribution in [-0.2, 0) is 9.47 Å². The Morgan fingerprint density at radius 2 is 1.95 bits per heavy atom. The number of alkyl halides is 1. The molecule has 3 nitrogen and oxygen atoms in total. The summed E-state index contributed by atoms with van der Waals surface area (Å²) < 4.78 is 16.0. The van der Waals surface area contributed by atoms with Gasteiger partial charge in [-0.1, -0.05) is 24.0 Å². The van der Waals surface area contributed by atoms with Crippen molar-refractivity contribution in [2.45, 2.75) is 6.42 Å². The van der Waals surface area contributed by atoms with Crippen LogP contribution in [-0.4, -0.2) is 39.4 Å². The molecule has 4 heteroatoms. The van der Waals surface area contributed by atoms with Crippen LogP contribution in [0.1, 0.15) is 12.0 Å². The number of halogens is 1. The average Bonchev–Trinajstić information content (AvgIpc) is 2.45. The number of benzene rings is 1. The quantitative estimate of drug-likeness (QED) is 0.417. The van der Waals surface area contributed by atoms with Crippen LogP contribution in [0.15, 0.2) is 24.3 Å². The van der Waals surface area contributed by atoms with Gasteiger partial charge in [-0.05, 0) is 18.6 Å². The van der Waals surface area contributed by atoms with E-state index < -0.39 is 0 Å². The summed E-state index contributed by atoms with van der Waals surface area (Å²) >= 11 is 5.55. The Bertz CT molecular complexity index is 409. The summed E-state index contributed by atoms with van der Waals surface area (Å²) in [6.45, 7) is 2.47. The van der Waals surface area contributed by atoms with E-state index in [1.54, 1.807) is 7.11 Å². The monoisotopic (exact) mass is 282 g/mol. The van der Waals surface area contributed by atoms with Gasteiger partial charge in [0.15, 0.2) is 0 Å². The highest BCUT2D eigenvalue weighted by atomic mass is 35.5. The zero-order valence-corrected chi connectivity index (χ0v) is 11.9. The molecule has 0 saturated carbocycles. The van der Waals surface area contributed by atoms with Crippen molar-refractivity contribution in [1.29, 1.82) is 0 Å². The molecule has 0 fully saturated rings. The van der Waals surface area contributed by atoms with Crippen LogP contribution in [0.25, 0.3) is 0 Å². The van der Waals surface area contributed by atoms with E-state index in [0.717, 1.165) is 24.3 Å². The van der Waals surface area contributed by atoms with Gasteiger partial charge in [-0.25, -0.2) is 0 Å². The van der Waals surface area contributed by atoms with Crippen molar-refractivity contribution < 1.29 is 14.2 Å². The van der Waals surface area contributed by atoms with E-state index in [1.807, 2.05) is 24.3 Å². The molecule has 0 aliphatic rings. The maximum atomic E-state index is 5.64. The van der Waals surface area contributed by atoms with Crippen molar-refractivity contribution in [2.75, 3.05) is 39.4 Å². The van der Waals surface area contributed by atoms with Gasteiger partial charge in [-0.15, -0.1) is 11.6 Å². The summed E-state index contributed by atoms with van der Waals surface area (Å²) in [4.78, 5) is 0. The third kappa shape index (κ3) is 7.07. The third-order valence-corrected chi connectivity index (χ3v) is 2.43. The summed E-state index contributed by atoms with van der Waals surface area (Å²) in [5.74, 6) is 6.87. The van der Waals surface area contributed by atoms with E-state index in [0.29, 0.717) is 25.7 Å². The van der Waals surface area contributed by atoms with Crippen LogP contribution in [0, 0.1) is 11.8 Å². The van der Waals surface area contributed by atoms with Crippen LogP contribution in [0.5, 0.6) is 5.75 Å². The predicted octanol–water partition coefficient (Wildman–Crippen LogP) is 2.71. The summed E-state index contributed by atoms with van der Waals surface area (Å²) in [6, 6.07) is 7.64. The minimum atomic E-state index is 0.316. The number of methoxy groups -OCH3 is 1. The second kappa shape index (κ2) is 10.7. The van der Waals surface area contributed by atoms with Gasteiger partial charge < -0.3 is 14.2 Å². The Kier molecular flexibility index (Phi) is 8.91. The first-order valence-electron chi connectivity index (χ1n) is 6.22. The van der Waals surface area contributed by atoms with Crippen molar-refractivity contribution >= 4 is 11.6 Å². The number of hydrogen-bond donors (Lipinski definition) is 0. The Morgan fingerprint density at radius 3 is 2.74 bits per heavy atom. The molecule has 19 heavy (non-hydrogen) atoms. The van der Waals surface area contributed by atoms with Crippen LogP contribution >= 0.6 is 11.6 Å². The van der Waals surface area contributed by atoms with E-state index in [4.69, 9.17) is 25.8 Å². The molecule has 0 spiro atoms. The van der Waals surface area contributed by atoms with E-state index in [9.17, 15) is 0 Å². The van der Waals surface area contributed by atoms with Crippen LogP contribution in [0.2, 0.25) is 0 Å². The second-order valence-electron chi connectivity index (χ2n) is 3.74. The number of ether oxygens (including phenoxy) is 3. The highest BCUT2D eigenvalue weighted by Gasteiger charge is 1.99. The third-order valence-electron chi connectivity index (χ3n) is 2.30. The molecule has 0 aliphatic carbocycles. The zero-order chi connectivity index (χ0) is 13.8. The summed E-state index contributed by atoms with van der Waals surface area (Å²) in [7, 11) is 1.68. The Labute approximate surface area is 119 Å². The number of rotatable bonds is 8. The standard InChI is InChI=1S/C15H19ClO3/c1-17-10-5-11-18-12-13-19-15-8-3-2-6-14(15)7-4-9-16/h2-3,6,8H,5,9-13H2,1H3. The molecule has 0 aliphatic heterocycles. The lowest BCUT2D eigenvalue weighted by Crippen LogP contribution is -2.09. The molecule has 1 aromatic rings. The van der Waals surface area contributed by atoms with Gasteiger partial charge in [-0.2, -0.15) is 0 Å². The SMILES string of the molecule is COCCCOCCOc1ccccc1C#CCCl. The molecule has 0 radical (unpaired) electrons. The summed E-state index contributed by atoms with van der Waals surface area (Å²) in [6.07, 6.45) is 0.897. The molecule has 0 atom stereocenters. The molecular weight excluding hydrogens is 264 g/mol. The van der Waals surface area contributed by atoms with Gasteiger partial charge in [0.25, 0.3) is 0 Å². The maximum absolute atomic E-state index is 5.64. The van der Waals surface area contributed by atoms with Gasteiger partial charge in [0, 0.05) is 20.3 Å². The average molecular weight is 283 g/mol. The molecule has 104 valence electrons. The topological polar surface area (TPSA) is 27.7 Å². The van der Waals surface area contributed by atoms with Crippen molar-refractivity contribution in [3.8, 4) is 17.6 Å². The maximum Gasteiger partial charge on any atom is 0.135 e. The minimum absolute atomic E-state index is 0.316. The van der Waals surface area contributed by atoms with Crippen LogP contribution in [0.3, 0.4) is 0 Å². The molecular formula is C15H19ClO3. The lowest BCUT2D eigenvalue weighted by atomic mass is 10.2. The second-order valence-corrected chi connectivity index (χ2v) is 4.01. The van der Waals surface area contributed by atoms with Crippen molar-refractivity contribution in [3.05, 3.63) is 29.8 Å². The normalized spacial score (nSPS) is 9.79. The van der Waals surface area contributed by atoms with Gasteiger partial charge in [-0.3, -0.25) is 0 Å². The Balaban J connectivity index is 2.29. The fraction of sp³-hybridized carbons (Fsp3) is 0.467. The number of para-hydroxylation sites is 1. The smallest absolute Gasteiger partial charge is 0.135 e. The van der Waals surface area contributed by atoms with Crippen molar-refractivity contribution in [1.82, 2.24) is 0 Å².